The molecule has 1 aromatic carbocycles. The highest BCUT2D eigenvalue weighted by Crippen LogP contribution is 2.10. The average Bonchev–Trinajstić information content (AvgIpc) is 2.57. The minimum Gasteiger partial charge on any atom is -0.385 e. The third-order valence-electron chi connectivity index (χ3n) is 3.68. The highest BCUT2D eigenvalue weighted by Gasteiger charge is 2.06. The summed E-state index contributed by atoms with van der Waals surface area (Å²) in [6, 6.07) is 7.03. The van der Waals surface area contributed by atoms with Crippen LogP contribution in [0.4, 0.5) is 0 Å². The molecule has 0 aliphatic rings. The van der Waals surface area contributed by atoms with Crippen molar-refractivity contribution in [3.8, 4) is 0 Å². The number of guanidine groups is 1. The molecule has 0 amide bonds. The van der Waals surface area contributed by atoms with Gasteiger partial charge < -0.3 is 15.4 Å². The summed E-state index contributed by atoms with van der Waals surface area (Å²) in [7, 11) is -1.41. The van der Waals surface area contributed by atoms with Gasteiger partial charge in [-0.3, -0.25) is 4.99 Å². The van der Waals surface area contributed by atoms with Gasteiger partial charge >= 0.3 is 0 Å². The van der Waals surface area contributed by atoms with Crippen LogP contribution in [-0.4, -0.2) is 54.0 Å². The summed E-state index contributed by atoms with van der Waals surface area (Å²) in [5.74, 6) is 0.821. The van der Waals surface area contributed by atoms with Crippen molar-refractivity contribution in [2.24, 2.45) is 4.99 Å². The molecule has 0 unspecified atom stereocenters. The number of benzene rings is 1. The third-order valence-corrected chi connectivity index (χ3v) is 4.81. The number of unbranched alkanes of at least 4 members (excludes halogenated alkanes) is 2. The van der Waals surface area contributed by atoms with Crippen molar-refractivity contribution in [3.05, 3.63) is 29.8 Å². The Labute approximate surface area is 152 Å². The Balaban J connectivity index is 2.39. The predicted molar refractivity (Wildman–Crippen MR) is 103 cm³/mol. The Kier molecular flexibility index (Phi) is 10.2. The zero-order valence-electron chi connectivity index (χ0n) is 15.5. The van der Waals surface area contributed by atoms with E-state index >= 15 is 0 Å². The number of nitrogens with one attached hydrogen (secondary N) is 2. The normalized spacial score (nSPS) is 12.2. The maximum absolute atomic E-state index is 11.5. The average molecular weight is 370 g/mol. The first-order valence-corrected chi connectivity index (χ1v) is 10.7. The van der Waals surface area contributed by atoms with Crippen LogP contribution in [0.25, 0.3) is 0 Å². The number of nitrogens with zero attached hydrogens (tertiary/aromatic N) is 1. The zero-order chi connectivity index (χ0) is 18.5. The molecule has 2 N–H and O–H groups in total. The number of sulfone groups is 1. The van der Waals surface area contributed by atoms with Gasteiger partial charge in [0.2, 0.25) is 0 Å². The second-order valence-electron chi connectivity index (χ2n) is 5.91. The van der Waals surface area contributed by atoms with Crippen molar-refractivity contribution in [1.82, 2.24) is 10.6 Å². The molecule has 0 aromatic heterocycles. The van der Waals surface area contributed by atoms with Gasteiger partial charge in [-0.05, 0) is 50.3 Å². The maximum atomic E-state index is 11.5. The fraction of sp³-hybridized carbons (Fsp3) is 0.611. The fourth-order valence-corrected chi connectivity index (χ4v) is 2.93. The minimum atomic E-state index is -3.13. The van der Waals surface area contributed by atoms with Crippen LogP contribution in [0.2, 0.25) is 0 Å². The number of rotatable bonds is 11. The highest BCUT2D eigenvalue weighted by atomic mass is 32.2. The van der Waals surface area contributed by atoms with Gasteiger partial charge in [-0.1, -0.05) is 12.1 Å². The van der Waals surface area contributed by atoms with Crippen LogP contribution >= 0.6 is 0 Å². The summed E-state index contributed by atoms with van der Waals surface area (Å²) in [4.78, 5) is 4.92. The first-order valence-electron chi connectivity index (χ1n) is 8.77. The lowest BCUT2D eigenvalue weighted by atomic mass is 10.1. The molecule has 0 fully saturated rings. The summed E-state index contributed by atoms with van der Waals surface area (Å²) in [6.45, 7) is 5.20. The largest absolute Gasteiger partial charge is 0.385 e. The molecule has 25 heavy (non-hydrogen) atoms. The fourth-order valence-electron chi connectivity index (χ4n) is 2.30. The predicted octanol–water partition coefficient (Wildman–Crippen LogP) is 2.00. The first-order chi connectivity index (χ1) is 12.0. The molecule has 0 heterocycles. The van der Waals surface area contributed by atoms with E-state index in [-0.39, 0.29) is 0 Å². The number of methoxy groups -OCH3 is 1. The molecule has 0 saturated heterocycles. The molecule has 0 aliphatic heterocycles. The number of ether oxygens (including phenoxy) is 1. The van der Waals surface area contributed by atoms with E-state index in [0.29, 0.717) is 4.90 Å². The van der Waals surface area contributed by atoms with Gasteiger partial charge in [-0.25, -0.2) is 8.42 Å². The van der Waals surface area contributed by atoms with Crippen molar-refractivity contribution >= 4 is 15.8 Å². The molecule has 0 saturated carbocycles. The smallest absolute Gasteiger partial charge is 0.191 e. The van der Waals surface area contributed by atoms with E-state index in [2.05, 4.69) is 15.6 Å². The van der Waals surface area contributed by atoms with Gasteiger partial charge in [-0.2, -0.15) is 0 Å². The molecular weight excluding hydrogens is 338 g/mol. The van der Waals surface area contributed by atoms with Crippen molar-refractivity contribution < 1.29 is 13.2 Å². The second-order valence-corrected chi connectivity index (χ2v) is 7.92. The molecule has 0 radical (unpaired) electrons. The van der Waals surface area contributed by atoms with Crippen LogP contribution in [0, 0.1) is 0 Å². The second kappa shape index (κ2) is 11.9. The van der Waals surface area contributed by atoms with Crippen LogP contribution in [0.3, 0.4) is 0 Å². The lowest BCUT2D eigenvalue weighted by molar-refractivity contribution is 0.192. The summed E-state index contributed by atoms with van der Waals surface area (Å²) in [6.07, 6.45) is 5.26. The van der Waals surface area contributed by atoms with Gasteiger partial charge in [-0.15, -0.1) is 0 Å². The standard InChI is InChI=1S/C18H31N3O3S/c1-4-19-18(20-13-6-5-7-15-24-2)21-14-12-16-8-10-17(11-9-16)25(3,22)23/h8-11H,4-7,12-15H2,1-3H3,(H2,19,20,21). The van der Waals surface area contributed by atoms with Crippen molar-refractivity contribution in [1.29, 1.82) is 0 Å². The molecule has 0 atom stereocenters. The lowest BCUT2D eigenvalue weighted by Crippen LogP contribution is -2.38. The topological polar surface area (TPSA) is 79.8 Å². The van der Waals surface area contributed by atoms with Crippen molar-refractivity contribution in [2.45, 2.75) is 37.5 Å². The molecular formula is C18H31N3O3S. The van der Waals surface area contributed by atoms with Crippen LogP contribution in [0.1, 0.15) is 31.7 Å². The van der Waals surface area contributed by atoms with E-state index in [1.165, 1.54) is 6.26 Å². The summed E-state index contributed by atoms with van der Waals surface area (Å²) < 4.78 is 28.0. The van der Waals surface area contributed by atoms with Crippen molar-refractivity contribution in [3.63, 3.8) is 0 Å². The molecule has 6 nitrogen and oxygen atoms in total. The zero-order valence-corrected chi connectivity index (χ0v) is 16.4. The molecule has 0 aliphatic carbocycles. The SMILES string of the molecule is CCNC(=NCCCCCOC)NCCc1ccc(S(C)(=O)=O)cc1. The maximum Gasteiger partial charge on any atom is 0.191 e. The highest BCUT2D eigenvalue weighted by molar-refractivity contribution is 7.90. The monoisotopic (exact) mass is 369 g/mol. The van der Waals surface area contributed by atoms with Gasteiger partial charge in [0.15, 0.2) is 15.8 Å². The Hall–Kier alpha value is -1.60. The minimum absolute atomic E-state index is 0.354. The van der Waals surface area contributed by atoms with E-state index in [1.54, 1.807) is 19.2 Å². The summed E-state index contributed by atoms with van der Waals surface area (Å²) in [5, 5.41) is 6.55. The van der Waals surface area contributed by atoms with E-state index in [0.717, 1.165) is 63.4 Å². The molecule has 1 rings (SSSR count). The lowest BCUT2D eigenvalue weighted by Gasteiger charge is -2.11. The molecule has 0 spiro atoms. The Morgan fingerprint density at radius 2 is 1.84 bits per heavy atom. The molecule has 142 valence electrons. The molecule has 7 heteroatoms. The quantitative estimate of drug-likeness (QED) is 0.354. The van der Waals surface area contributed by atoms with Gasteiger partial charge in [0.25, 0.3) is 0 Å². The first kappa shape index (κ1) is 21.4. The Morgan fingerprint density at radius 3 is 2.44 bits per heavy atom. The van der Waals surface area contributed by atoms with E-state index in [9.17, 15) is 8.42 Å². The van der Waals surface area contributed by atoms with Gasteiger partial charge in [0, 0.05) is 39.6 Å². The Bertz CT molecular complexity index is 613. The number of hydrogen-bond acceptors (Lipinski definition) is 4. The number of hydrogen-bond donors (Lipinski definition) is 2. The van der Waals surface area contributed by atoms with Crippen LogP contribution in [0.5, 0.6) is 0 Å². The van der Waals surface area contributed by atoms with E-state index in [4.69, 9.17) is 4.74 Å². The molecule has 1 aromatic rings. The summed E-state index contributed by atoms with van der Waals surface area (Å²) in [5.41, 5.74) is 1.09. The van der Waals surface area contributed by atoms with E-state index in [1.807, 2.05) is 19.1 Å². The summed E-state index contributed by atoms with van der Waals surface area (Å²) >= 11 is 0. The van der Waals surface area contributed by atoms with Gasteiger partial charge in [0.1, 0.15) is 0 Å². The third kappa shape index (κ3) is 9.45. The van der Waals surface area contributed by atoms with Crippen LogP contribution in [-0.2, 0) is 21.0 Å². The van der Waals surface area contributed by atoms with Crippen molar-refractivity contribution in [2.75, 3.05) is 39.6 Å². The van der Waals surface area contributed by atoms with E-state index < -0.39 is 9.84 Å². The Morgan fingerprint density at radius 1 is 1.12 bits per heavy atom. The van der Waals surface area contributed by atoms with Gasteiger partial charge in [0.05, 0.1) is 4.90 Å². The van der Waals surface area contributed by atoms with Crippen LogP contribution < -0.4 is 10.6 Å². The van der Waals surface area contributed by atoms with Crippen LogP contribution in [0.15, 0.2) is 34.2 Å². The molecule has 0 bridgehead atoms. The number of aliphatic imine (C=N–C) groups is 1.